The molecular weight excluding hydrogens is 180 g/mol. The van der Waals surface area contributed by atoms with Gasteiger partial charge in [-0.1, -0.05) is 12.2 Å². The second-order valence-electron chi connectivity index (χ2n) is 3.95. The predicted octanol–water partition coefficient (Wildman–Crippen LogP) is 1.93. The molecule has 1 aliphatic rings. The van der Waals surface area contributed by atoms with Gasteiger partial charge in [-0.25, -0.2) is 0 Å². The standard InChI is InChI=1S/C10H20N2S/c1-9-5-4-8-12(9)7-3-2-6-10(11)13/h9H,2-8H2,1H3,(H2,11,13). The van der Waals surface area contributed by atoms with Crippen LogP contribution in [0.25, 0.3) is 0 Å². The number of unbranched alkanes of at least 4 members (excludes halogenated alkanes) is 1. The molecule has 13 heavy (non-hydrogen) atoms. The van der Waals surface area contributed by atoms with E-state index in [-0.39, 0.29) is 0 Å². The average Bonchev–Trinajstić information content (AvgIpc) is 2.45. The van der Waals surface area contributed by atoms with Crippen LogP contribution in [0.5, 0.6) is 0 Å². The van der Waals surface area contributed by atoms with Gasteiger partial charge >= 0.3 is 0 Å². The molecule has 0 aliphatic carbocycles. The first-order chi connectivity index (χ1) is 6.20. The summed E-state index contributed by atoms with van der Waals surface area (Å²) in [7, 11) is 0. The van der Waals surface area contributed by atoms with Crippen molar-refractivity contribution in [3.8, 4) is 0 Å². The molecule has 1 atom stereocenters. The molecule has 0 amide bonds. The van der Waals surface area contributed by atoms with Crippen LogP contribution in [-0.4, -0.2) is 29.0 Å². The molecule has 1 heterocycles. The first kappa shape index (κ1) is 10.9. The molecule has 76 valence electrons. The minimum Gasteiger partial charge on any atom is -0.393 e. The molecule has 3 heteroatoms. The largest absolute Gasteiger partial charge is 0.393 e. The zero-order chi connectivity index (χ0) is 9.68. The van der Waals surface area contributed by atoms with Crippen LogP contribution in [0, 0.1) is 0 Å². The van der Waals surface area contributed by atoms with Gasteiger partial charge in [0.25, 0.3) is 0 Å². The van der Waals surface area contributed by atoms with Crippen LogP contribution in [0.3, 0.4) is 0 Å². The monoisotopic (exact) mass is 200 g/mol. The van der Waals surface area contributed by atoms with Crippen molar-refractivity contribution >= 4 is 17.2 Å². The lowest BCUT2D eigenvalue weighted by atomic mass is 10.2. The first-order valence-electron chi connectivity index (χ1n) is 5.22. The SMILES string of the molecule is CC1CCCN1CCCCC(N)=S. The zero-order valence-corrected chi connectivity index (χ0v) is 9.28. The van der Waals surface area contributed by atoms with Gasteiger partial charge in [0.05, 0.1) is 4.99 Å². The molecule has 0 spiro atoms. The molecule has 0 radical (unpaired) electrons. The maximum atomic E-state index is 5.43. The van der Waals surface area contributed by atoms with E-state index in [1.807, 2.05) is 0 Å². The van der Waals surface area contributed by atoms with E-state index >= 15 is 0 Å². The van der Waals surface area contributed by atoms with Crippen molar-refractivity contribution in [2.45, 2.75) is 45.1 Å². The lowest BCUT2D eigenvalue weighted by Crippen LogP contribution is -2.27. The van der Waals surface area contributed by atoms with Gasteiger partial charge in [-0.2, -0.15) is 0 Å². The summed E-state index contributed by atoms with van der Waals surface area (Å²) in [5, 5.41) is 0. The highest BCUT2D eigenvalue weighted by atomic mass is 32.1. The Balaban J connectivity index is 2.02. The maximum absolute atomic E-state index is 5.43. The molecule has 0 aromatic carbocycles. The number of hydrogen-bond donors (Lipinski definition) is 1. The van der Waals surface area contributed by atoms with Crippen LogP contribution < -0.4 is 5.73 Å². The quantitative estimate of drug-likeness (QED) is 0.543. The highest BCUT2D eigenvalue weighted by molar-refractivity contribution is 7.80. The fraction of sp³-hybridized carbons (Fsp3) is 0.900. The molecular formula is C10H20N2S. The Kier molecular flexibility index (Phi) is 4.67. The molecule has 1 unspecified atom stereocenters. The van der Waals surface area contributed by atoms with Crippen LogP contribution in [0.4, 0.5) is 0 Å². The van der Waals surface area contributed by atoms with Gasteiger partial charge in [-0.05, 0) is 52.1 Å². The van der Waals surface area contributed by atoms with Crippen LogP contribution in [0.1, 0.15) is 39.0 Å². The Bertz CT molecular complexity index is 170. The van der Waals surface area contributed by atoms with Gasteiger partial charge < -0.3 is 10.6 Å². The summed E-state index contributed by atoms with van der Waals surface area (Å²) in [5.74, 6) is 0. The van der Waals surface area contributed by atoms with E-state index in [1.54, 1.807) is 0 Å². The smallest absolute Gasteiger partial charge is 0.0727 e. The second-order valence-corrected chi connectivity index (χ2v) is 4.48. The highest BCUT2D eigenvalue weighted by Crippen LogP contribution is 2.16. The average molecular weight is 200 g/mol. The summed E-state index contributed by atoms with van der Waals surface area (Å²) in [5.41, 5.74) is 5.43. The van der Waals surface area contributed by atoms with E-state index in [2.05, 4.69) is 11.8 Å². The number of nitrogens with zero attached hydrogens (tertiary/aromatic N) is 1. The van der Waals surface area contributed by atoms with Crippen molar-refractivity contribution in [2.75, 3.05) is 13.1 Å². The molecule has 1 fully saturated rings. The Morgan fingerprint density at radius 1 is 1.54 bits per heavy atom. The molecule has 0 saturated carbocycles. The van der Waals surface area contributed by atoms with Crippen molar-refractivity contribution in [3.05, 3.63) is 0 Å². The molecule has 2 nitrogen and oxygen atoms in total. The van der Waals surface area contributed by atoms with Crippen molar-refractivity contribution in [3.63, 3.8) is 0 Å². The van der Waals surface area contributed by atoms with Crippen LogP contribution in [0.2, 0.25) is 0 Å². The van der Waals surface area contributed by atoms with Gasteiger partial charge in [-0.3, -0.25) is 0 Å². The van der Waals surface area contributed by atoms with Gasteiger partial charge in [0, 0.05) is 6.04 Å². The van der Waals surface area contributed by atoms with Gasteiger partial charge in [-0.15, -0.1) is 0 Å². The molecule has 1 rings (SSSR count). The molecule has 1 aliphatic heterocycles. The number of rotatable bonds is 5. The Hall–Kier alpha value is -0.150. The van der Waals surface area contributed by atoms with Crippen molar-refractivity contribution in [2.24, 2.45) is 5.73 Å². The summed E-state index contributed by atoms with van der Waals surface area (Å²) < 4.78 is 0. The molecule has 1 saturated heterocycles. The third-order valence-corrected chi connectivity index (χ3v) is 3.01. The molecule has 0 aromatic heterocycles. The molecule has 0 bridgehead atoms. The minimum atomic E-state index is 0.662. The van der Waals surface area contributed by atoms with E-state index < -0.39 is 0 Å². The van der Waals surface area contributed by atoms with Crippen LogP contribution >= 0.6 is 12.2 Å². The summed E-state index contributed by atoms with van der Waals surface area (Å²) in [6, 6.07) is 0.796. The summed E-state index contributed by atoms with van der Waals surface area (Å²) in [4.78, 5) is 3.23. The number of hydrogen-bond acceptors (Lipinski definition) is 2. The Morgan fingerprint density at radius 3 is 2.85 bits per heavy atom. The number of thiocarbonyl (C=S) groups is 1. The summed E-state index contributed by atoms with van der Waals surface area (Å²) in [6.45, 7) is 4.83. The fourth-order valence-corrected chi connectivity index (χ4v) is 2.08. The van der Waals surface area contributed by atoms with Gasteiger partial charge in [0.1, 0.15) is 0 Å². The Morgan fingerprint density at radius 2 is 2.31 bits per heavy atom. The van der Waals surface area contributed by atoms with E-state index in [9.17, 15) is 0 Å². The molecule has 2 N–H and O–H groups in total. The first-order valence-corrected chi connectivity index (χ1v) is 5.63. The maximum Gasteiger partial charge on any atom is 0.0727 e. The normalized spacial score (nSPS) is 23.6. The van der Waals surface area contributed by atoms with E-state index in [0.29, 0.717) is 4.99 Å². The van der Waals surface area contributed by atoms with Crippen LogP contribution in [-0.2, 0) is 0 Å². The lowest BCUT2D eigenvalue weighted by Gasteiger charge is -2.20. The third-order valence-electron chi connectivity index (χ3n) is 2.81. The van der Waals surface area contributed by atoms with E-state index in [4.69, 9.17) is 18.0 Å². The van der Waals surface area contributed by atoms with Crippen molar-refractivity contribution in [1.29, 1.82) is 0 Å². The fourth-order valence-electron chi connectivity index (χ4n) is 1.94. The van der Waals surface area contributed by atoms with Crippen LogP contribution in [0.15, 0.2) is 0 Å². The number of likely N-dealkylation sites (tertiary alicyclic amines) is 1. The Labute approximate surface area is 86.5 Å². The minimum absolute atomic E-state index is 0.662. The molecule has 0 aromatic rings. The van der Waals surface area contributed by atoms with E-state index in [1.165, 1.54) is 32.4 Å². The summed E-state index contributed by atoms with van der Waals surface area (Å²) >= 11 is 4.83. The van der Waals surface area contributed by atoms with E-state index in [0.717, 1.165) is 18.9 Å². The van der Waals surface area contributed by atoms with Crippen molar-refractivity contribution in [1.82, 2.24) is 4.90 Å². The highest BCUT2D eigenvalue weighted by Gasteiger charge is 2.18. The van der Waals surface area contributed by atoms with Gasteiger partial charge in [0.2, 0.25) is 0 Å². The zero-order valence-electron chi connectivity index (χ0n) is 8.46. The topological polar surface area (TPSA) is 29.3 Å². The third kappa shape index (κ3) is 4.05. The second kappa shape index (κ2) is 5.55. The number of nitrogens with two attached hydrogens (primary N) is 1. The predicted molar refractivity (Wildman–Crippen MR) is 60.9 cm³/mol. The van der Waals surface area contributed by atoms with Crippen molar-refractivity contribution < 1.29 is 0 Å². The lowest BCUT2D eigenvalue weighted by molar-refractivity contribution is 0.264. The van der Waals surface area contributed by atoms with Gasteiger partial charge in [0.15, 0.2) is 0 Å². The summed E-state index contributed by atoms with van der Waals surface area (Å²) in [6.07, 6.45) is 6.05.